The fourth-order valence-electron chi connectivity index (χ4n) is 0. The molecule has 0 aromatic carbocycles. The SMILES string of the molecule is CS(=O)(=O)B(I)I. The van der Waals surface area contributed by atoms with Crippen LogP contribution in [0.25, 0.3) is 0 Å². The Morgan fingerprint density at radius 1 is 1.43 bits per heavy atom. The van der Waals surface area contributed by atoms with E-state index < -0.39 is 9.69 Å². The molecule has 0 bridgehead atoms. The average molecular weight is 344 g/mol. The maximum Gasteiger partial charge on any atom is 0.427 e. The van der Waals surface area contributed by atoms with Crippen LogP contribution in [-0.2, 0) is 9.69 Å². The van der Waals surface area contributed by atoms with Crippen molar-refractivity contribution in [3.8, 4) is 0 Å². The maximum atomic E-state index is 10.3. The first-order chi connectivity index (χ1) is 2.94. The largest absolute Gasteiger partial charge is 0.427 e. The van der Waals surface area contributed by atoms with Crippen LogP contribution in [0.15, 0.2) is 0 Å². The molecule has 0 saturated carbocycles. The van der Waals surface area contributed by atoms with Gasteiger partial charge in [-0.1, -0.05) is 0 Å². The van der Waals surface area contributed by atoms with E-state index in [-0.39, 0.29) is 1.70 Å². The van der Waals surface area contributed by atoms with Gasteiger partial charge in [-0.15, -0.1) is 44.7 Å². The van der Waals surface area contributed by atoms with Gasteiger partial charge in [0.1, 0.15) is 9.69 Å². The zero-order valence-corrected chi connectivity index (χ0v) is 8.69. The van der Waals surface area contributed by atoms with Gasteiger partial charge in [-0.05, 0) is 0 Å². The summed E-state index contributed by atoms with van der Waals surface area (Å²) in [5, 5.41) is 0. The summed E-state index contributed by atoms with van der Waals surface area (Å²) >= 11 is 3.70. The molecule has 0 N–H and O–H groups in total. The van der Waals surface area contributed by atoms with E-state index >= 15 is 0 Å². The molecule has 6 heteroatoms. The molecule has 0 amide bonds. The summed E-state index contributed by atoms with van der Waals surface area (Å²) in [6, 6.07) is 0. The summed E-state index contributed by atoms with van der Waals surface area (Å²) in [6.07, 6.45) is 1.22. The second-order valence-corrected chi connectivity index (χ2v) is 9.79. The van der Waals surface area contributed by atoms with Crippen molar-refractivity contribution in [2.24, 2.45) is 0 Å². The van der Waals surface area contributed by atoms with Crippen molar-refractivity contribution in [2.75, 3.05) is 6.26 Å². The minimum atomic E-state index is -2.77. The Hall–Kier alpha value is 1.47. The topological polar surface area (TPSA) is 34.1 Å². The van der Waals surface area contributed by atoms with Crippen LogP contribution in [0.2, 0.25) is 0 Å². The lowest BCUT2D eigenvalue weighted by Crippen LogP contribution is -2.08. The Bertz CT molecular complexity index is 138. The van der Waals surface area contributed by atoms with Crippen LogP contribution in [0.5, 0.6) is 0 Å². The molecule has 0 heterocycles. The van der Waals surface area contributed by atoms with Crippen LogP contribution in [0.3, 0.4) is 0 Å². The Kier molecular flexibility index (Phi) is 3.46. The second-order valence-electron chi connectivity index (χ2n) is 1.09. The zero-order chi connectivity index (χ0) is 6.08. The molecular weight excluding hydrogens is 341 g/mol. The van der Waals surface area contributed by atoms with Gasteiger partial charge in [0, 0.05) is 6.26 Å². The highest BCUT2D eigenvalue weighted by Crippen LogP contribution is 2.09. The first-order valence-electron chi connectivity index (χ1n) is 1.41. The summed E-state index contributed by atoms with van der Waals surface area (Å²) in [5.41, 5.74) is 0. The Balaban J connectivity index is 4.10. The van der Waals surface area contributed by atoms with Gasteiger partial charge >= 0.3 is 1.70 Å². The molecule has 0 fully saturated rings. The summed E-state index contributed by atoms with van der Waals surface area (Å²) < 4.78 is 20.3. The molecule has 0 aromatic heterocycles. The van der Waals surface area contributed by atoms with Crippen LogP contribution in [0.1, 0.15) is 0 Å². The van der Waals surface area contributed by atoms with Crippen molar-refractivity contribution in [1.82, 2.24) is 0 Å². The van der Waals surface area contributed by atoms with Gasteiger partial charge in [0.15, 0.2) is 0 Å². The summed E-state index contributed by atoms with van der Waals surface area (Å²) in [6.45, 7) is 0. The van der Waals surface area contributed by atoms with Crippen LogP contribution >= 0.6 is 44.7 Å². The van der Waals surface area contributed by atoms with Gasteiger partial charge in [-0.2, -0.15) is 0 Å². The first-order valence-corrected chi connectivity index (χ1v) is 5.86. The molecule has 0 radical (unpaired) electrons. The predicted molar refractivity (Wildman–Crippen MR) is 48.6 cm³/mol. The lowest BCUT2D eigenvalue weighted by molar-refractivity contribution is 0.614. The standard InChI is InChI=1S/CH3BI2O2S/c1-7(5,6)2(3)4/h1H3. The van der Waals surface area contributed by atoms with Gasteiger partial charge in [-0.25, -0.2) is 8.42 Å². The molecule has 7 heavy (non-hydrogen) atoms. The first kappa shape index (κ1) is 8.47. The summed E-state index contributed by atoms with van der Waals surface area (Å²) in [4.78, 5) is 0. The molecule has 0 unspecified atom stereocenters. The maximum absolute atomic E-state index is 10.3. The highest BCUT2D eigenvalue weighted by molar-refractivity contribution is 14.3. The van der Waals surface area contributed by atoms with E-state index in [1.165, 1.54) is 6.26 Å². The van der Waals surface area contributed by atoms with E-state index in [1.54, 1.807) is 0 Å². The fraction of sp³-hybridized carbons (Fsp3) is 1.00. The summed E-state index contributed by atoms with van der Waals surface area (Å²) in [5.74, 6) is 0. The Morgan fingerprint density at radius 2 is 1.57 bits per heavy atom. The van der Waals surface area contributed by atoms with Crippen molar-refractivity contribution in [1.29, 1.82) is 0 Å². The van der Waals surface area contributed by atoms with Crippen molar-refractivity contribution < 1.29 is 8.42 Å². The van der Waals surface area contributed by atoms with Crippen LogP contribution in [0.4, 0.5) is 0 Å². The quantitative estimate of drug-likeness (QED) is 0.523. The molecule has 0 saturated heterocycles. The van der Waals surface area contributed by atoms with Gasteiger partial charge in [0.25, 0.3) is 0 Å². The minimum absolute atomic E-state index is 0.289. The number of hydrogen-bond donors (Lipinski definition) is 0. The van der Waals surface area contributed by atoms with E-state index in [4.69, 9.17) is 0 Å². The third-order valence-electron chi connectivity index (χ3n) is 0.324. The molecule has 42 valence electrons. The van der Waals surface area contributed by atoms with Gasteiger partial charge in [0.2, 0.25) is 0 Å². The van der Waals surface area contributed by atoms with Crippen molar-refractivity contribution in [2.45, 2.75) is 0 Å². The number of hydrogen-bond acceptors (Lipinski definition) is 2. The average Bonchev–Trinajstić information content (AvgIpc) is 1.31. The fourth-order valence-corrected chi connectivity index (χ4v) is 0. The van der Waals surface area contributed by atoms with Crippen molar-refractivity contribution in [3.63, 3.8) is 0 Å². The van der Waals surface area contributed by atoms with E-state index in [0.717, 1.165) is 0 Å². The second kappa shape index (κ2) is 2.86. The normalized spacial score (nSPS) is 11.3. The van der Waals surface area contributed by atoms with Gasteiger partial charge in [0.05, 0.1) is 0 Å². The van der Waals surface area contributed by atoms with Crippen LogP contribution in [-0.4, -0.2) is 16.4 Å². The van der Waals surface area contributed by atoms with Crippen molar-refractivity contribution >= 4 is 56.1 Å². The number of rotatable bonds is 1. The van der Waals surface area contributed by atoms with Gasteiger partial charge < -0.3 is 0 Å². The molecule has 0 rings (SSSR count). The third-order valence-corrected chi connectivity index (χ3v) is 6.51. The predicted octanol–water partition coefficient (Wildman–Crippen LogP) is 0.886. The smallest absolute Gasteiger partial charge is 0.239 e. The van der Waals surface area contributed by atoms with Gasteiger partial charge in [-0.3, -0.25) is 0 Å². The van der Waals surface area contributed by atoms with E-state index in [1.807, 2.05) is 44.7 Å². The van der Waals surface area contributed by atoms with Crippen LogP contribution in [0, 0.1) is 0 Å². The molecule has 0 spiro atoms. The van der Waals surface area contributed by atoms with E-state index in [9.17, 15) is 8.42 Å². The summed E-state index contributed by atoms with van der Waals surface area (Å²) in [7, 11) is -2.77. The zero-order valence-electron chi connectivity index (χ0n) is 3.56. The monoisotopic (exact) mass is 344 g/mol. The number of halogens is 2. The van der Waals surface area contributed by atoms with Crippen molar-refractivity contribution in [3.05, 3.63) is 0 Å². The Labute approximate surface area is 70.1 Å². The third kappa shape index (κ3) is 4.01. The molecule has 0 aliphatic rings. The Morgan fingerprint density at radius 3 is 1.57 bits per heavy atom. The molecule has 0 aromatic rings. The van der Waals surface area contributed by atoms with Crippen LogP contribution < -0.4 is 0 Å². The molecular formula is CH3BI2O2S. The highest BCUT2D eigenvalue weighted by Gasteiger charge is 2.17. The van der Waals surface area contributed by atoms with E-state index in [0.29, 0.717) is 0 Å². The lowest BCUT2D eigenvalue weighted by Gasteiger charge is -1.87. The molecule has 0 aliphatic heterocycles. The molecule has 0 aliphatic carbocycles. The lowest BCUT2D eigenvalue weighted by atomic mass is 10.7. The van der Waals surface area contributed by atoms with E-state index in [2.05, 4.69) is 0 Å². The molecule has 0 atom stereocenters. The minimum Gasteiger partial charge on any atom is -0.239 e. The molecule has 2 nitrogen and oxygen atoms in total. The highest BCUT2D eigenvalue weighted by atomic mass is 127.